The third kappa shape index (κ3) is 2.65. The number of amides is 1. The van der Waals surface area contributed by atoms with E-state index >= 15 is 0 Å². The predicted octanol–water partition coefficient (Wildman–Crippen LogP) is 2.82. The number of nitriles is 1. The number of nitrogens with two attached hydrogens (primary N) is 1. The molecule has 0 saturated carbocycles. The molecule has 5 nitrogen and oxygen atoms in total. The molecule has 3 rings (SSSR count). The second-order valence-corrected chi connectivity index (χ2v) is 6.79. The molecular formula is C17H15FN4OS. The van der Waals surface area contributed by atoms with Gasteiger partial charge in [0.15, 0.2) is 5.96 Å². The third-order valence-electron chi connectivity index (χ3n) is 4.11. The molecule has 122 valence electrons. The van der Waals surface area contributed by atoms with Crippen molar-refractivity contribution in [2.24, 2.45) is 10.7 Å². The maximum Gasteiger partial charge on any atom is 0.231 e. The molecule has 0 fully saturated rings. The largest absolute Gasteiger partial charge is 0.369 e. The second kappa shape index (κ2) is 5.73. The number of aliphatic imine (C=N–C) groups is 1. The maximum atomic E-state index is 14.1. The molecular weight excluding hydrogens is 327 g/mol. The minimum atomic E-state index is -0.764. The van der Waals surface area contributed by atoms with Crippen LogP contribution in [0.4, 0.5) is 4.39 Å². The zero-order valence-electron chi connectivity index (χ0n) is 13.2. The summed E-state index contributed by atoms with van der Waals surface area (Å²) in [5, 5.41) is 10.8. The molecule has 2 N–H and O–H groups in total. The van der Waals surface area contributed by atoms with Crippen molar-refractivity contribution in [2.45, 2.75) is 18.9 Å². The summed E-state index contributed by atoms with van der Waals surface area (Å²) in [5.41, 5.74) is 6.47. The second-order valence-electron chi connectivity index (χ2n) is 5.88. The van der Waals surface area contributed by atoms with Crippen molar-refractivity contribution < 1.29 is 9.18 Å². The Balaban J connectivity index is 2.03. The number of hydrogen-bond donors (Lipinski definition) is 1. The quantitative estimate of drug-likeness (QED) is 0.911. The first-order valence-electron chi connectivity index (χ1n) is 7.25. The highest BCUT2D eigenvalue weighted by atomic mass is 32.1. The summed E-state index contributed by atoms with van der Waals surface area (Å²) in [5.74, 6) is -0.343. The third-order valence-corrected chi connectivity index (χ3v) is 5.29. The van der Waals surface area contributed by atoms with E-state index in [0.717, 1.165) is 4.88 Å². The lowest BCUT2D eigenvalue weighted by atomic mass is 9.93. The highest BCUT2D eigenvalue weighted by molar-refractivity contribution is 7.10. The minimum Gasteiger partial charge on any atom is -0.369 e. The van der Waals surface area contributed by atoms with Crippen molar-refractivity contribution in [3.05, 3.63) is 45.9 Å². The van der Waals surface area contributed by atoms with E-state index in [-0.39, 0.29) is 18.3 Å². The van der Waals surface area contributed by atoms with E-state index in [0.29, 0.717) is 16.7 Å². The number of guanidine groups is 1. The molecule has 1 aliphatic heterocycles. The van der Waals surface area contributed by atoms with E-state index in [1.54, 1.807) is 18.5 Å². The lowest BCUT2D eigenvalue weighted by Crippen LogP contribution is -2.47. The Kier molecular flexibility index (Phi) is 3.85. The number of carbonyl (C=O) groups is 1. The van der Waals surface area contributed by atoms with Crippen molar-refractivity contribution in [3.63, 3.8) is 0 Å². The molecule has 0 aliphatic carbocycles. The Morgan fingerprint density at radius 1 is 1.46 bits per heavy atom. The molecule has 0 bridgehead atoms. The number of carbonyl (C=O) groups excluding carboxylic acids is 1. The first-order valence-corrected chi connectivity index (χ1v) is 8.13. The number of halogens is 1. The van der Waals surface area contributed by atoms with Crippen molar-refractivity contribution >= 4 is 23.2 Å². The van der Waals surface area contributed by atoms with Gasteiger partial charge in [-0.05, 0) is 42.1 Å². The van der Waals surface area contributed by atoms with Crippen LogP contribution in [0.5, 0.6) is 0 Å². The lowest BCUT2D eigenvalue weighted by molar-refractivity contribution is -0.128. The fraction of sp³-hybridized carbons (Fsp3) is 0.235. The molecule has 0 spiro atoms. The van der Waals surface area contributed by atoms with E-state index in [1.165, 1.54) is 34.4 Å². The molecule has 1 aliphatic rings. The Bertz CT molecular complexity index is 898. The van der Waals surface area contributed by atoms with Gasteiger partial charge in [-0.1, -0.05) is 0 Å². The fourth-order valence-corrected chi connectivity index (χ4v) is 3.64. The Labute approximate surface area is 142 Å². The first-order chi connectivity index (χ1) is 11.3. The van der Waals surface area contributed by atoms with Crippen LogP contribution in [0, 0.1) is 17.1 Å². The van der Waals surface area contributed by atoms with Gasteiger partial charge in [-0.2, -0.15) is 5.26 Å². The number of hydrogen-bond acceptors (Lipinski definition) is 5. The van der Waals surface area contributed by atoms with Gasteiger partial charge in [0, 0.05) is 17.5 Å². The summed E-state index contributed by atoms with van der Waals surface area (Å²) in [4.78, 5) is 18.7. The average Bonchev–Trinajstić information content (AvgIpc) is 3.03. The van der Waals surface area contributed by atoms with Crippen LogP contribution in [-0.4, -0.2) is 23.8 Å². The zero-order chi connectivity index (χ0) is 17.5. The van der Waals surface area contributed by atoms with Gasteiger partial charge in [-0.3, -0.25) is 9.69 Å². The van der Waals surface area contributed by atoms with Crippen LogP contribution >= 0.6 is 11.3 Å². The smallest absolute Gasteiger partial charge is 0.231 e. The predicted molar refractivity (Wildman–Crippen MR) is 90.8 cm³/mol. The number of nitrogens with zero attached hydrogens (tertiary/aromatic N) is 3. The van der Waals surface area contributed by atoms with Gasteiger partial charge in [-0.25, -0.2) is 9.38 Å². The van der Waals surface area contributed by atoms with Gasteiger partial charge in [0.25, 0.3) is 0 Å². The van der Waals surface area contributed by atoms with Gasteiger partial charge in [0.05, 0.1) is 18.1 Å². The topological polar surface area (TPSA) is 82.5 Å². The van der Waals surface area contributed by atoms with Crippen LogP contribution in [0.3, 0.4) is 0 Å². The molecule has 24 heavy (non-hydrogen) atoms. The van der Waals surface area contributed by atoms with Crippen LogP contribution in [0.25, 0.3) is 11.1 Å². The summed E-state index contributed by atoms with van der Waals surface area (Å²) < 4.78 is 14.1. The van der Waals surface area contributed by atoms with Crippen LogP contribution in [-0.2, 0) is 10.3 Å². The number of rotatable bonds is 2. The van der Waals surface area contributed by atoms with E-state index in [1.807, 2.05) is 13.0 Å². The summed E-state index contributed by atoms with van der Waals surface area (Å²) in [6.07, 6.45) is 0.199. The van der Waals surface area contributed by atoms with Gasteiger partial charge < -0.3 is 5.73 Å². The molecule has 1 aromatic heterocycles. The van der Waals surface area contributed by atoms with Gasteiger partial charge in [0.2, 0.25) is 5.91 Å². The fourth-order valence-electron chi connectivity index (χ4n) is 2.63. The van der Waals surface area contributed by atoms with Crippen molar-refractivity contribution in [1.29, 1.82) is 5.26 Å². The SMILES string of the molecule is CN1C(=O)C[C@@](C)(c2cc(-c3cc(C#N)ccc3F)cs2)N=C1N. The van der Waals surface area contributed by atoms with E-state index < -0.39 is 11.4 Å². The van der Waals surface area contributed by atoms with E-state index in [4.69, 9.17) is 11.0 Å². The van der Waals surface area contributed by atoms with Gasteiger partial charge >= 0.3 is 0 Å². The molecule has 1 amide bonds. The average molecular weight is 342 g/mol. The molecule has 2 aromatic rings. The van der Waals surface area contributed by atoms with Crippen LogP contribution < -0.4 is 5.73 Å². The Morgan fingerprint density at radius 2 is 2.21 bits per heavy atom. The summed E-state index contributed by atoms with van der Waals surface area (Å²) >= 11 is 1.39. The summed E-state index contributed by atoms with van der Waals surface area (Å²) in [7, 11) is 1.59. The van der Waals surface area contributed by atoms with Gasteiger partial charge in [-0.15, -0.1) is 11.3 Å². The molecule has 0 unspecified atom stereocenters. The number of thiophene rings is 1. The zero-order valence-corrected chi connectivity index (χ0v) is 14.0. The van der Waals surface area contributed by atoms with Crippen molar-refractivity contribution in [2.75, 3.05) is 7.05 Å². The van der Waals surface area contributed by atoms with Crippen LogP contribution in [0.15, 0.2) is 34.6 Å². The maximum absolute atomic E-state index is 14.1. The standard InChI is InChI=1S/C17H15FN4OS/c1-17(7-15(23)22(2)16(20)21-17)14-6-11(9-24-14)12-5-10(8-19)3-4-13(12)18/h3-6,9H,7H2,1-2H3,(H2,20,21)/t17-/m0/s1. The van der Waals surface area contributed by atoms with E-state index in [9.17, 15) is 9.18 Å². The molecule has 0 saturated heterocycles. The first kappa shape index (κ1) is 16.1. The molecule has 1 atom stereocenters. The molecule has 7 heteroatoms. The van der Waals surface area contributed by atoms with Crippen molar-refractivity contribution in [3.8, 4) is 17.2 Å². The minimum absolute atomic E-state index is 0.113. The highest BCUT2D eigenvalue weighted by Gasteiger charge is 2.37. The van der Waals surface area contributed by atoms with Crippen LogP contribution in [0.2, 0.25) is 0 Å². The van der Waals surface area contributed by atoms with E-state index in [2.05, 4.69) is 4.99 Å². The lowest BCUT2D eigenvalue weighted by Gasteiger charge is -2.32. The molecule has 0 radical (unpaired) electrons. The van der Waals surface area contributed by atoms with Gasteiger partial charge in [0.1, 0.15) is 11.4 Å². The monoisotopic (exact) mass is 342 g/mol. The normalized spacial score (nSPS) is 20.7. The summed E-state index contributed by atoms with van der Waals surface area (Å²) in [6.45, 7) is 1.84. The summed E-state index contributed by atoms with van der Waals surface area (Å²) in [6, 6.07) is 8.05. The molecule has 2 heterocycles. The Morgan fingerprint density at radius 3 is 2.88 bits per heavy atom. The Hall–Kier alpha value is -2.72. The van der Waals surface area contributed by atoms with Crippen LogP contribution in [0.1, 0.15) is 23.8 Å². The highest BCUT2D eigenvalue weighted by Crippen LogP contribution is 2.39. The van der Waals surface area contributed by atoms with Crippen molar-refractivity contribution in [1.82, 2.24) is 4.90 Å². The molecule has 1 aromatic carbocycles. The number of benzene rings is 1.